The Morgan fingerprint density at radius 1 is 1.10 bits per heavy atom. The topological polar surface area (TPSA) is 45.7 Å². The van der Waals surface area contributed by atoms with E-state index in [0.717, 1.165) is 40.5 Å². The molecular formula is C23H29N3O2S2. The van der Waals surface area contributed by atoms with E-state index in [1.54, 1.807) is 11.8 Å². The molecule has 0 aliphatic rings. The van der Waals surface area contributed by atoms with Gasteiger partial charge in [-0.05, 0) is 56.6 Å². The fourth-order valence-corrected chi connectivity index (χ4v) is 4.74. The van der Waals surface area contributed by atoms with Crippen molar-refractivity contribution in [2.45, 2.75) is 25.7 Å². The number of para-hydroxylation sites is 1. The second-order valence-electron chi connectivity index (χ2n) is 6.75. The molecule has 3 rings (SSSR count). The van der Waals surface area contributed by atoms with Crippen LogP contribution >= 0.6 is 23.1 Å². The van der Waals surface area contributed by atoms with Crippen LogP contribution in [0.1, 0.15) is 31.1 Å². The summed E-state index contributed by atoms with van der Waals surface area (Å²) in [5, 5.41) is 0.712. The quantitative estimate of drug-likeness (QED) is 0.392. The van der Waals surface area contributed by atoms with Gasteiger partial charge in [-0.1, -0.05) is 37.3 Å². The molecule has 0 bridgehead atoms. The third-order valence-electron chi connectivity index (χ3n) is 5.00. The molecule has 0 atom stereocenters. The number of hydrogen-bond donors (Lipinski definition) is 0. The zero-order valence-corrected chi connectivity index (χ0v) is 19.7. The number of anilines is 1. The highest BCUT2D eigenvalue weighted by Crippen LogP contribution is 2.35. The molecule has 1 heterocycles. The molecule has 0 radical (unpaired) electrons. The van der Waals surface area contributed by atoms with Gasteiger partial charge in [-0.25, -0.2) is 4.98 Å². The van der Waals surface area contributed by atoms with Crippen molar-refractivity contribution >= 4 is 44.4 Å². The van der Waals surface area contributed by atoms with Gasteiger partial charge in [-0.15, -0.1) is 11.8 Å². The standard InChI is InChI=1S/C23H29N3O2S2/c1-5-25(6-2)14-15-26(22(27)17-10-8-11-18(16-17)29-4)23-24-21-19(28-7-3)12-9-13-20(21)30-23/h8-13,16H,5-7,14-15H2,1-4H3. The third-order valence-corrected chi connectivity index (χ3v) is 6.77. The maximum Gasteiger partial charge on any atom is 0.260 e. The molecule has 30 heavy (non-hydrogen) atoms. The molecule has 0 N–H and O–H groups in total. The maximum absolute atomic E-state index is 13.5. The third kappa shape index (κ3) is 5.14. The number of carbonyl (C=O) groups excluding carboxylic acids is 1. The first-order valence-electron chi connectivity index (χ1n) is 10.3. The van der Waals surface area contributed by atoms with Crippen LogP contribution in [0.3, 0.4) is 0 Å². The lowest BCUT2D eigenvalue weighted by molar-refractivity contribution is 0.0983. The number of thiazole rings is 1. The summed E-state index contributed by atoms with van der Waals surface area (Å²) in [6.07, 6.45) is 2.02. The highest BCUT2D eigenvalue weighted by Gasteiger charge is 2.23. The van der Waals surface area contributed by atoms with Crippen molar-refractivity contribution in [1.29, 1.82) is 0 Å². The van der Waals surface area contributed by atoms with E-state index in [2.05, 4.69) is 18.7 Å². The number of nitrogens with zero attached hydrogens (tertiary/aromatic N) is 3. The van der Waals surface area contributed by atoms with E-state index in [0.29, 0.717) is 23.8 Å². The van der Waals surface area contributed by atoms with Gasteiger partial charge in [0.2, 0.25) is 0 Å². The van der Waals surface area contributed by atoms with Crippen LogP contribution in [-0.2, 0) is 0 Å². The van der Waals surface area contributed by atoms with Crippen molar-refractivity contribution in [2.24, 2.45) is 0 Å². The van der Waals surface area contributed by atoms with Gasteiger partial charge in [0.15, 0.2) is 5.13 Å². The van der Waals surface area contributed by atoms with Crippen molar-refractivity contribution in [3.05, 3.63) is 48.0 Å². The Labute approximate surface area is 187 Å². The maximum atomic E-state index is 13.5. The number of aromatic nitrogens is 1. The van der Waals surface area contributed by atoms with Gasteiger partial charge in [0.05, 0.1) is 11.3 Å². The van der Waals surface area contributed by atoms with Crippen molar-refractivity contribution in [2.75, 3.05) is 43.9 Å². The first kappa shape index (κ1) is 22.6. The van der Waals surface area contributed by atoms with Crippen LogP contribution in [0.15, 0.2) is 47.4 Å². The van der Waals surface area contributed by atoms with Crippen LogP contribution in [0.5, 0.6) is 5.75 Å². The monoisotopic (exact) mass is 443 g/mol. The number of hydrogen-bond acceptors (Lipinski definition) is 6. The van der Waals surface area contributed by atoms with Crippen molar-refractivity contribution < 1.29 is 9.53 Å². The summed E-state index contributed by atoms with van der Waals surface area (Å²) in [6, 6.07) is 13.7. The fourth-order valence-electron chi connectivity index (χ4n) is 3.28. The van der Waals surface area contributed by atoms with Crippen molar-refractivity contribution in [3.8, 4) is 5.75 Å². The van der Waals surface area contributed by atoms with Gasteiger partial charge in [0.25, 0.3) is 5.91 Å². The Hall–Kier alpha value is -2.09. The second-order valence-corrected chi connectivity index (χ2v) is 8.64. The summed E-state index contributed by atoms with van der Waals surface area (Å²) >= 11 is 3.17. The minimum absolute atomic E-state index is 0.0185. The number of thioether (sulfide) groups is 1. The Balaban J connectivity index is 1.99. The molecule has 0 unspecified atom stereocenters. The van der Waals surface area contributed by atoms with Gasteiger partial charge >= 0.3 is 0 Å². The van der Waals surface area contributed by atoms with E-state index in [1.165, 1.54) is 11.3 Å². The highest BCUT2D eigenvalue weighted by atomic mass is 32.2. The molecule has 1 aromatic heterocycles. The zero-order chi connectivity index (χ0) is 21.5. The SMILES string of the molecule is CCOc1cccc2sc(N(CCN(CC)CC)C(=O)c3cccc(SC)c3)nc12. The zero-order valence-electron chi connectivity index (χ0n) is 18.1. The molecule has 160 valence electrons. The number of rotatable bonds is 10. The van der Waals surface area contributed by atoms with E-state index < -0.39 is 0 Å². The van der Waals surface area contributed by atoms with E-state index in [4.69, 9.17) is 9.72 Å². The highest BCUT2D eigenvalue weighted by molar-refractivity contribution is 7.98. The summed E-state index contributed by atoms with van der Waals surface area (Å²) in [4.78, 5) is 23.6. The Morgan fingerprint density at radius 2 is 1.87 bits per heavy atom. The molecule has 0 spiro atoms. The first-order valence-corrected chi connectivity index (χ1v) is 12.4. The minimum Gasteiger partial charge on any atom is -0.492 e. The predicted molar refractivity (Wildman–Crippen MR) is 128 cm³/mol. The van der Waals surface area contributed by atoms with E-state index >= 15 is 0 Å². The van der Waals surface area contributed by atoms with Crippen LogP contribution in [-0.4, -0.2) is 54.8 Å². The van der Waals surface area contributed by atoms with Crippen LogP contribution in [0.4, 0.5) is 5.13 Å². The largest absolute Gasteiger partial charge is 0.492 e. The van der Waals surface area contributed by atoms with Crippen LogP contribution < -0.4 is 9.64 Å². The molecule has 5 nitrogen and oxygen atoms in total. The average molecular weight is 444 g/mol. The first-order chi connectivity index (χ1) is 14.6. The summed E-state index contributed by atoms with van der Waals surface area (Å²) in [5.74, 6) is 0.744. The van der Waals surface area contributed by atoms with E-state index in [1.807, 2.05) is 60.5 Å². The number of carbonyl (C=O) groups is 1. The number of fused-ring (bicyclic) bond motifs is 1. The fraction of sp³-hybridized carbons (Fsp3) is 0.391. The molecule has 1 amide bonds. The summed E-state index contributed by atoms with van der Waals surface area (Å²) in [6.45, 7) is 10.1. The molecule has 0 saturated heterocycles. The number of benzene rings is 2. The van der Waals surface area contributed by atoms with Crippen LogP contribution in [0, 0.1) is 0 Å². The summed E-state index contributed by atoms with van der Waals surface area (Å²) < 4.78 is 6.77. The van der Waals surface area contributed by atoms with Crippen molar-refractivity contribution in [1.82, 2.24) is 9.88 Å². The Morgan fingerprint density at radius 3 is 2.57 bits per heavy atom. The van der Waals surface area contributed by atoms with Gasteiger partial charge < -0.3 is 9.64 Å². The molecule has 0 aliphatic heterocycles. The summed E-state index contributed by atoms with van der Waals surface area (Å²) in [7, 11) is 0. The smallest absolute Gasteiger partial charge is 0.260 e. The van der Waals surface area contributed by atoms with E-state index in [9.17, 15) is 4.79 Å². The van der Waals surface area contributed by atoms with Crippen LogP contribution in [0.25, 0.3) is 10.2 Å². The Kier molecular flexibility index (Phi) is 8.13. The lowest BCUT2D eigenvalue weighted by atomic mass is 10.2. The van der Waals surface area contributed by atoms with Gasteiger partial charge in [0.1, 0.15) is 11.3 Å². The Bertz CT molecular complexity index is 985. The molecule has 3 aromatic rings. The number of likely N-dealkylation sites (N-methyl/N-ethyl adjacent to an activating group) is 1. The number of ether oxygens (including phenoxy) is 1. The molecule has 0 aliphatic carbocycles. The molecular weight excluding hydrogens is 414 g/mol. The second kappa shape index (κ2) is 10.8. The van der Waals surface area contributed by atoms with Gasteiger partial charge in [-0.2, -0.15) is 0 Å². The summed E-state index contributed by atoms with van der Waals surface area (Å²) in [5.41, 5.74) is 1.50. The predicted octanol–water partition coefficient (Wildman–Crippen LogP) is 5.41. The lowest BCUT2D eigenvalue weighted by Gasteiger charge is -2.25. The molecule has 0 fully saturated rings. The minimum atomic E-state index is -0.0185. The average Bonchev–Trinajstić information content (AvgIpc) is 3.21. The molecule has 2 aromatic carbocycles. The lowest BCUT2D eigenvalue weighted by Crippen LogP contribution is -2.38. The molecule has 7 heteroatoms. The van der Waals surface area contributed by atoms with E-state index in [-0.39, 0.29) is 5.91 Å². The normalized spacial score (nSPS) is 11.2. The van der Waals surface area contributed by atoms with Crippen molar-refractivity contribution in [3.63, 3.8) is 0 Å². The van der Waals surface area contributed by atoms with Crippen LogP contribution in [0.2, 0.25) is 0 Å². The molecule has 0 saturated carbocycles. The van der Waals surface area contributed by atoms with Gasteiger partial charge in [0, 0.05) is 23.5 Å². The number of amides is 1. The van der Waals surface area contributed by atoms with Gasteiger partial charge in [-0.3, -0.25) is 9.69 Å².